The van der Waals surface area contributed by atoms with Crippen molar-refractivity contribution in [3.8, 4) is 5.75 Å². The first-order chi connectivity index (χ1) is 10.1. The molecule has 0 aromatic heterocycles. The normalized spacial score (nSPS) is 12.2. The molecule has 0 saturated heterocycles. The lowest BCUT2D eigenvalue weighted by atomic mass is 9.96. The van der Waals surface area contributed by atoms with E-state index in [4.69, 9.17) is 4.74 Å². The molecular weight excluding hydrogens is 441 g/mol. The Labute approximate surface area is 148 Å². The molecular formula is C17H19BrINO. The maximum absolute atomic E-state index is 5.57. The van der Waals surface area contributed by atoms with Crippen molar-refractivity contribution < 1.29 is 4.74 Å². The summed E-state index contributed by atoms with van der Waals surface area (Å²) >= 11 is 5.97. The summed E-state index contributed by atoms with van der Waals surface area (Å²) in [5, 5.41) is 3.58. The highest BCUT2D eigenvalue weighted by molar-refractivity contribution is 14.1. The summed E-state index contributed by atoms with van der Waals surface area (Å²) in [5.74, 6) is 0.919. The van der Waals surface area contributed by atoms with Gasteiger partial charge in [-0.15, -0.1) is 0 Å². The minimum atomic E-state index is 0.120. The fourth-order valence-electron chi connectivity index (χ4n) is 2.41. The lowest BCUT2D eigenvalue weighted by Gasteiger charge is -2.23. The second kappa shape index (κ2) is 7.61. The fourth-order valence-corrected chi connectivity index (χ4v) is 3.43. The summed E-state index contributed by atoms with van der Waals surface area (Å²) in [6.07, 6.45) is 0. The number of ether oxygens (including phenoxy) is 1. The highest BCUT2D eigenvalue weighted by Crippen LogP contribution is 2.34. The van der Waals surface area contributed by atoms with Crippen molar-refractivity contribution in [2.75, 3.05) is 13.7 Å². The molecule has 2 aromatic rings. The average Bonchev–Trinajstić information content (AvgIpc) is 2.47. The quantitative estimate of drug-likeness (QED) is 0.630. The van der Waals surface area contributed by atoms with Crippen LogP contribution >= 0.6 is 38.5 Å². The van der Waals surface area contributed by atoms with Gasteiger partial charge in [-0.1, -0.05) is 40.5 Å². The predicted octanol–water partition coefficient (Wildman–Crippen LogP) is 5.07. The Hall–Kier alpha value is -0.590. The average molecular weight is 460 g/mol. The maximum Gasteiger partial charge on any atom is 0.124 e. The van der Waals surface area contributed by atoms with Crippen LogP contribution in [0.25, 0.3) is 0 Å². The molecule has 4 heteroatoms. The van der Waals surface area contributed by atoms with Crippen molar-refractivity contribution in [1.82, 2.24) is 5.32 Å². The molecule has 0 amide bonds. The number of nitrogens with one attached hydrogen (secondary N) is 1. The molecule has 2 rings (SSSR count). The summed E-state index contributed by atoms with van der Waals surface area (Å²) in [4.78, 5) is 0. The molecule has 2 nitrogen and oxygen atoms in total. The second-order valence-corrected chi connectivity index (χ2v) is 6.98. The van der Waals surface area contributed by atoms with E-state index in [0.717, 1.165) is 16.8 Å². The van der Waals surface area contributed by atoms with Gasteiger partial charge in [-0.25, -0.2) is 0 Å². The van der Waals surface area contributed by atoms with Crippen LogP contribution in [0.1, 0.15) is 29.7 Å². The third-order valence-electron chi connectivity index (χ3n) is 3.37. The van der Waals surface area contributed by atoms with Gasteiger partial charge in [0.05, 0.1) is 13.2 Å². The molecule has 1 atom stereocenters. The molecule has 0 spiro atoms. The van der Waals surface area contributed by atoms with Gasteiger partial charge in [-0.3, -0.25) is 0 Å². The minimum absolute atomic E-state index is 0.120. The van der Waals surface area contributed by atoms with Gasteiger partial charge in [-0.05, 0) is 65.9 Å². The molecule has 1 N–H and O–H groups in total. The van der Waals surface area contributed by atoms with Crippen LogP contribution in [0.5, 0.6) is 5.75 Å². The Morgan fingerprint density at radius 1 is 1.19 bits per heavy atom. The van der Waals surface area contributed by atoms with E-state index in [1.54, 1.807) is 7.11 Å². The Balaban J connectivity index is 2.58. The van der Waals surface area contributed by atoms with Crippen molar-refractivity contribution in [3.63, 3.8) is 0 Å². The molecule has 2 aromatic carbocycles. The zero-order chi connectivity index (χ0) is 15.4. The molecule has 0 aliphatic rings. The summed E-state index contributed by atoms with van der Waals surface area (Å²) in [6.45, 7) is 5.13. The Bertz CT molecular complexity index is 630. The van der Waals surface area contributed by atoms with Crippen LogP contribution in [0.3, 0.4) is 0 Å². The zero-order valence-electron chi connectivity index (χ0n) is 12.4. The molecule has 0 aliphatic carbocycles. The lowest BCUT2D eigenvalue weighted by molar-refractivity contribution is 0.404. The van der Waals surface area contributed by atoms with Gasteiger partial charge >= 0.3 is 0 Å². The van der Waals surface area contributed by atoms with Crippen LogP contribution in [0.4, 0.5) is 0 Å². The third kappa shape index (κ3) is 3.99. The third-order valence-corrected chi connectivity index (χ3v) is 4.85. The second-order valence-electron chi connectivity index (χ2n) is 4.90. The number of hydrogen-bond donors (Lipinski definition) is 1. The van der Waals surface area contributed by atoms with Gasteiger partial charge in [0.2, 0.25) is 0 Å². The van der Waals surface area contributed by atoms with Gasteiger partial charge in [0.25, 0.3) is 0 Å². The van der Waals surface area contributed by atoms with Crippen molar-refractivity contribution in [2.45, 2.75) is 19.9 Å². The standard InChI is InChI=1S/C17H19BrINO/c1-4-20-17(13-10-12(18)6-7-15(13)19)14-9-11(2)5-8-16(14)21-3/h5-10,17,20H,4H2,1-3H3. The highest BCUT2D eigenvalue weighted by Gasteiger charge is 2.20. The van der Waals surface area contributed by atoms with E-state index < -0.39 is 0 Å². The largest absolute Gasteiger partial charge is 0.496 e. The van der Waals surface area contributed by atoms with Gasteiger partial charge in [0.1, 0.15) is 5.75 Å². The van der Waals surface area contributed by atoms with Gasteiger partial charge in [0.15, 0.2) is 0 Å². The molecule has 21 heavy (non-hydrogen) atoms. The minimum Gasteiger partial charge on any atom is -0.496 e. The van der Waals surface area contributed by atoms with Crippen LogP contribution in [0.15, 0.2) is 40.9 Å². The Kier molecular flexibility index (Phi) is 6.08. The van der Waals surface area contributed by atoms with E-state index in [1.807, 2.05) is 6.07 Å². The van der Waals surface area contributed by atoms with Gasteiger partial charge in [0, 0.05) is 13.6 Å². The van der Waals surface area contributed by atoms with Crippen LogP contribution in [0, 0.1) is 10.5 Å². The predicted molar refractivity (Wildman–Crippen MR) is 100 cm³/mol. The topological polar surface area (TPSA) is 21.3 Å². The molecule has 0 fully saturated rings. The monoisotopic (exact) mass is 459 g/mol. The van der Waals surface area contributed by atoms with E-state index in [9.17, 15) is 0 Å². The zero-order valence-corrected chi connectivity index (χ0v) is 16.2. The molecule has 0 bridgehead atoms. The molecule has 112 valence electrons. The maximum atomic E-state index is 5.57. The van der Waals surface area contributed by atoms with E-state index >= 15 is 0 Å². The van der Waals surface area contributed by atoms with Gasteiger partial charge in [-0.2, -0.15) is 0 Å². The molecule has 0 aliphatic heterocycles. The number of rotatable bonds is 5. The smallest absolute Gasteiger partial charge is 0.124 e. The van der Waals surface area contributed by atoms with Crippen LogP contribution in [0.2, 0.25) is 0 Å². The van der Waals surface area contributed by atoms with E-state index in [0.29, 0.717) is 0 Å². The fraction of sp³-hybridized carbons (Fsp3) is 0.294. The van der Waals surface area contributed by atoms with Crippen LogP contribution < -0.4 is 10.1 Å². The van der Waals surface area contributed by atoms with Crippen LogP contribution in [-0.4, -0.2) is 13.7 Å². The Morgan fingerprint density at radius 3 is 2.62 bits per heavy atom. The SMILES string of the molecule is CCNC(c1cc(Br)ccc1I)c1cc(C)ccc1OC. The highest BCUT2D eigenvalue weighted by atomic mass is 127. The number of methoxy groups -OCH3 is 1. The van der Waals surface area contributed by atoms with Gasteiger partial charge < -0.3 is 10.1 Å². The molecule has 0 heterocycles. The van der Waals surface area contributed by atoms with Crippen molar-refractivity contribution in [3.05, 3.63) is 61.1 Å². The summed E-state index contributed by atoms with van der Waals surface area (Å²) in [6, 6.07) is 12.8. The van der Waals surface area contributed by atoms with E-state index in [1.165, 1.54) is 20.3 Å². The summed E-state index contributed by atoms with van der Waals surface area (Å²) < 4.78 is 7.90. The first-order valence-corrected chi connectivity index (χ1v) is 8.76. The van der Waals surface area contributed by atoms with E-state index in [-0.39, 0.29) is 6.04 Å². The molecule has 1 unspecified atom stereocenters. The summed E-state index contributed by atoms with van der Waals surface area (Å²) in [7, 11) is 1.73. The molecule has 0 saturated carbocycles. The Morgan fingerprint density at radius 2 is 1.95 bits per heavy atom. The number of aryl methyl sites for hydroxylation is 1. The summed E-state index contributed by atoms with van der Waals surface area (Å²) in [5.41, 5.74) is 3.67. The first kappa shape index (κ1) is 16.8. The number of halogens is 2. The lowest BCUT2D eigenvalue weighted by Crippen LogP contribution is -2.23. The number of benzene rings is 2. The number of hydrogen-bond acceptors (Lipinski definition) is 2. The van der Waals surface area contributed by atoms with E-state index in [2.05, 4.69) is 88.0 Å². The van der Waals surface area contributed by atoms with Crippen LogP contribution in [-0.2, 0) is 0 Å². The molecule has 0 radical (unpaired) electrons. The van der Waals surface area contributed by atoms with Crippen molar-refractivity contribution in [2.24, 2.45) is 0 Å². The van der Waals surface area contributed by atoms with Crippen molar-refractivity contribution >= 4 is 38.5 Å². The first-order valence-electron chi connectivity index (χ1n) is 6.89. The van der Waals surface area contributed by atoms with Crippen molar-refractivity contribution in [1.29, 1.82) is 0 Å².